The van der Waals surface area contributed by atoms with Gasteiger partial charge in [0.1, 0.15) is 6.04 Å². The average molecular weight is 342 g/mol. The highest BCUT2D eigenvalue weighted by Crippen LogP contribution is 2.22. The number of nitriles is 1. The number of hydrogen-bond acceptors (Lipinski definition) is 4. The molecule has 1 fully saturated rings. The molecule has 0 aromatic heterocycles. The van der Waals surface area contributed by atoms with Gasteiger partial charge in [0, 0.05) is 12.6 Å². The Balaban J connectivity index is 2.04. The Morgan fingerprint density at radius 1 is 1.32 bits per heavy atom. The van der Waals surface area contributed by atoms with Gasteiger partial charge < -0.3 is 10.2 Å². The molecule has 6 nitrogen and oxygen atoms in total. The van der Waals surface area contributed by atoms with E-state index in [1.165, 1.54) is 7.05 Å². The Bertz CT molecular complexity index is 618. The monoisotopic (exact) mass is 342 g/mol. The van der Waals surface area contributed by atoms with Crippen LogP contribution in [-0.2, 0) is 4.79 Å². The summed E-state index contributed by atoms with van der Waals surface area (Å²) in [6.45, 7) is 5.22. The zero-order chi connectivity index (χ0) is 18.2. The first-order valence-electron chi connectivity index (χ1n) is 8.80. The van der Waals surface area contributed by atoms with Gasteiger partial charge in [-0.25, -0.2) is 0 Å². The number of benzene rings is 1. The Labute approximate surface area is 149 Å². The Morgan fingerprint density at radius 2 is 1.96 bits per heavy atom. The summed E-state index contributed by atoms with van der Waals surface area (Å²) in [7, 11) is 1.43. The topological polar surface area (TPSA) is 76.4 Å². The van der Waals surface area contributed by atoms with Crippen molar-refractivity contribution >= 4 is 11.8 Å². The number of carbonyl (C=O) groups excluding carboxylic acids is 2. The van der Waals surface area contributed by atoms with Gasteiger partial charge >= 0.3 is 0 Å². The molecule has 25 heavy (non-hydrogen) atoms. The molecule has 0 unspecified atom stereocenters. The van der Waals surface area contributed by atoms with Crippen LogP contribution in [0.4, 0.5) is 0 Å². The van der Waals surface area contributed by atoms with E-state index in [0.29, 0.717) is 17.9 Å². The number of carbonyl (C=O) groups is 2. The smallest absolute Gasteiger partial charge is 0.257 e. The summed E-state index contributed by atoms with van der Waals surface area (Å²) in [6, 6.07) is 8.16. The van der Waals surface area contributed by atoms with Crippen LogP contribution < -0.4 is 5.32 Å². The van der Waals surface area contributed by atoms with Gasteiger partial charge in [0.15, 0.2) is 6.19 Å². The number of likely N-dealkylation sites (N-methyl/N-ethyl adjacent to an activating group) is 1. The molecule has 134 valence electrons. The quantitative estimate of drug-likeness (QED) is 0.632. The van der Waals surface area contributed by atoms with Crippen LogP contribution in [0.5, 0.6) is 0 Å². The lowest BCUT2D eigenvalue weighted by atomic mass is 9.89. The maximum atomic E-state index is 12.5. The van der Waals surface area contributed by atoms with Gasteiger partial charge in [-0.2, -0.15) is 5.26 Å². The standard InChI is InChI=1S/C19H26N4O2/c1-3-23-11-9-15(10-12-23)13-17(19(25)22(2)14-20)21-18(24)16-7-5-4-6-8-16/h4-8,15,17H,3,9-13H2,1-2H3,(H,21,24)/t17-/m0/s1. The van der Waals surface area contributed by atoms with Crippen LogP contribution >= 0.6 is 0 Å². The lowest BCUT2D eigenvalue weighted by Crippen LogP contribution is -2.48. The van der Waals surface area contributed by atoms with Gasteiger partial charge in [0.25, 0.3) is 11.8 Å². The van der Waals surface area contributed by atoms with Crippen LogP contribution in [0.3, 0.4) is 0 Å². The van der Waals surface area contributed by atoms with E-state index < -0.39 is 6.04 Å². The summed E-state index contributed by atoms with van der Waals surface area (Å²) in [5, 5.41) is 11.8. The second kappa shape index (κ2) is 9.19. The number of amides is 2. The number of rotatable bonds is 6. The summed E-state index contributed by atoms with van der Waals surface area (Å²) in [5.74, 6) is -0.263. The van der Waals surface area contributed by atoms with Gasteiger partial charge in [0.05, 0.1) is 0 Å². The van der Waals surface area contributed by atoms with E-state index >= 15 is 0 Å². The van der Waals surface area contributed by atoms with Gasteiger partial charge in [-0.3, -0.25) is 14.5 Å². The van der Waals surface area contributed by atoms with Crippen molar-refractivity contribution in [2.45, 2.75) is 32.2 Å². The minimum Gasteiger partial charge on any atom is -0.340 e. The highest BCUT2D eigenvalue weighted by molar-refractivity contribution is 5.97. The molecular weight excluding hydrogens is 316 g/mol. The second-order valence-corrected chi connectivity index (χ2v) is 6.50. The predicted octanol–water partition coefficient (Wildman–Crippen LogP) is 1.85. The Morgan fingerprint density at radius 3 is 2.52 bits per heavy atom. The molecule has 1 aromatic rings. The number of nitrogens with zero attached hydrogens (tertiary/aromatic N) is 3. The molecule has 1 heterocycles. The molecule has 1 aliphatic heterocycles. The lowest BCUT2D eigenvalue weighted by Gasteiger charge is -2.33. The molecule has 0 spiro atoms. The normalized spacial score (nSPS) is 16.7. The number of nitrogens with one attached hydrogen (secondary N) is 1. The maximum Gasteiger partial charge on any atom is 0.257 e. The Kier molecular flexibility index (Phi) is 6.96. The van der Waals surface area contributed by atoms with Crippen molar-refractivity contribution in [2.24, 2.45) is 5.92 Å². The van der Waals surface area contributed by atoms with Crippen LogP contribution in [0.2, 0.25) is 0 Å². The van der Waals surface area contributed by atoms with Crippen LogP contribution in [0, 0.1) is 17.4 Å². The van der Waals surface area contributed by atoms with Crippen molar-refractivity contribution in [3.63, 3.8) is 0 Å². The van der Waals surface area contributed by atoms with Crippen molar-refractivity contribution in [1.29, 1.82) is 5.26 Å². The molecule has 0 bridgehead atoms. The minimum absolute atomic E-state index is 0.281. The summed E-state index contributed by atoms with van der Waals surface area (Å²) < 4.78 is 0. The van der Waals surface area contributed by atoms with Crippen LogP contribution in [0.1, 0.15) is 36.5 Å². The molecule has 1 N–H and O–H groups in total. The lowest BCUT2D eigenvalue weighted by molar-refractivity contribution is -0.129. The summed E-state index contributed by atoms with van der Waals surface area (Å²) >= 11 is 0. The van der Waals surface area contributed by atoms with E-state index in [2.05, 4.69) is 17.1 Å². The molecule has 1 atom stereocenters. The molecule has 1 aromatic carbocycles. The molecule has 6 heteroatoms. The predicted molar refractivity (Wildman–Crippen MR) is 95.5 cm³/mol. The maximum absolute atomic E-state index is 12.5. The fraction of sp³-hybridized carbons (Fsp3) is 0.526. The van der Waals surface area contributed by atoms with Crippen molar-refractivity contribution in [3.05, 3.63) is 35.9 Å². The number of piperidine rings is 1. The number of hydrogen-bond donors (Lipinski definition) is 1. The zero-order valence-electron chi connectivity index (χ0n) is 14.9. The molecular formula is C19H26N4O2. The highest BCUT2D eigenvalue weighted by Gasteiger charge is 2.29. The van der Waals surface area contributed by atoms with E-state index in [0.717, 1.165) is 37.4 Å². The number of likely N-dealkylation sites (tertiary alicyclic amines) is 1. The first-order chi connectivity index (χ1) is 12.0. The highest BCUT2D eigenvalue weighted by atomic mass is 16.2. The largest absolute Gasteiger partial charge is 0.340 e. The SMILES string of the molecule is CCN1CCC(C[C@H](NC(=O)c2ccccc2)C(=O)N(C)C#N)CC1. The van der Waals surface area contributed by atoms with E-state index in [9.17, 15) is 9.59 Å². The van der Waals surface area contributed by atoms with Crippen LogP contribution in [-0.4, -0.2) is 54.3 Å². The molecule has 1 aliphatic rings. The fourth-order valence-electron chi connectivity index (χ4n) is 3.21. The molecule has 0 radical (unpaired) electrons. The summed E-state index contributed by atoms with van der Waals surface area (Å²) in [4.78, 5) is 28.3. The average Bonchev–Trinajstić information content (AvgIpc) is 2.67. The van der Waals surface area contributed by atoms with E-state index in [1.807, 2.05) is 12.3 Å². The van der Waals surface area contributed by atoms with Gasteiger partial charge in [-0.05, 0) is 56.9 Å². The zero-order valence-corrected chi connectivity index (χ0v) is 14.9. The van der Waals surface area contributed by atoms with Crippen molar-refractivity contribution in [1.82, 2.24) is 15.1 Å². The molecule has 0 aliphatic carbocycles. The van der Waals surface area contributed by atoms with Crippen LogP contribution in [0.25, 0.3) is 0 Å². The van der Waals surface area contributed by atoms with Crippen molar-refractivity contribution in [2.75, 3.05) is 26.7 Å². The van der Waals surface area contributed by atoms with Crippen molar-refractivity contribution < 1.29 is 9.59 Å². The van der Waals surface area contributed by atoms with E-state index in [-0.39, 0.29) is 11.8 Å². The molecule has 0 saturated carbocycles. The summed E-state index contributed by atoms with van der Waals surface area (Å²) in [6.07, 6.45) is 4.42. The third-order valence-electron chi connectivity index (χ3n) is 4.84. The Hall–Kier alpha value is -2.39. The minimum atomic E-state index is -0.671. The van der Waals surface area contributed by atoms with E-state index in [1.54, 1.807) is 24.3 Å². The third-order valence-corrected chi connectivity index (χ3v) is 4.84. The fourth-order valence-corrected chi connectivity index (χ4v) is 3.21. The summed E-state index contributed by atoms with van der Waals surface area (Å²) in [5.41, 5.74) is 0.515. The second-order valence-electron chi connectivity index (χ2n) is 6.50. The first kappa shape index (κ1) is 18.9. The van der Waals surface area contributed by atoms with Crippen molar-refractivity contribution in [3.8, 4) is 6.19 Å². The van der Waals surface area contributed by atoms with Gasteiger partial charge in [-0.15, -0.1) is 0 Å². The molecule has 2 amide bonds. The van der Waals surface area contributed by atoms with Crippen LogP contribution in [0.15, 0.2) is 30.3 Å². The molecule has 2 rings (SSSR count). The first-order valence-corrected chi connectivity index (χ1v) is 8.80. The third kappa shape index (κ3) is 5.30. The van der Waals surface area contributed by atoms with Gasteiger partial charge in [0.2, 0.25) is 0 Å². The molecule has 1 saturated heterocycles. The van der Waals surface area contributed by atoms with E-state index in [4.69, 9.17) is 5.26 Å². The van der Waals surface area contributed by atoms with Gasteiger partial charge in [-0.1, -0.05) is 25.1 Å².